The minimum absolute atomic E-state index is 0.108. The molecule has 0 bridgehead atoms. The largest absolute Gasteiger partial charge is 0.492 e. The Kier molecular flexibility index (Phi) is 9.34. The highest BCUT2D eigenvalue weighted by Gasteiger charge is 2.23. The molecule has 3 aliphatic rings. The Hall–Kier alpha value is -3.14. The van der Waals surface area contributed by atoms with Crippen LogP contribution in [0.4, 0.5) is 5.69 Å². The van der Waals surface area contributed by atoms with Gasteiger partial charge < -0.3 is 29.5 Å². The number of morpholine rings is 1. The lowest BCUT2D eigenvalue weighted by Gasteiger charge is -2.34. The first-order valence-corrected chi connectivity index (χ1v) is 14.2. The van der Waals surface area contributed by atoms with Crippen molar-refractivity contribution in [2.24, 2.45) is 0 Å². The standard InChI is InChI=1S/C30H41N5O4/c1-32(23-26-7-10-29(36)31-26)22-24-3-2-4-28(21-24)39-20-15-33-11-13-35(14-12-33)30(37)25-5-8-27(9-6-25)34-16-18-38-19-17-34/h2-6,8-9,21,26H,7,10-20,22-23H2,1H3,(H,31,36). The van der Waals surface area contributed by atoms with Crippen molar-refractivity contribution in [1.82, 2.24) is 20.0 Å². The lowest BCUT2D eigenvalue weighted by Crippen LogP contribution is -2.49. The Morgan fingerprint density at radius 1 is 1.05 bits per heavy atom. The smallest absolute Gasteiger partial charge is 0.253 e. The van der Waals surface area contributed by atoms with Crippen LogP contribution in [0.2, 0.25) is 0 Å². The SMILES string of the molecule is CN(Cc1cccc(OCCN2CCN(C(=O)c3ccc(N4CCOCC4)cc3)CC2)c1)CC1CCC(=O)N1. The van der Waals surface area contributed by atoms with Crippen molar-refractivity contribution in [2.75, 3.05) is 84.1 Å². The van der Waals surface area contributed by atoms with Crippen molar-refractivity contribution < 1.29 is 19.1 Å². The van der Waals surface area contributed by atoms with Gasteiger partial charge in [0.2, 0.25) is 5.91 Å². The number of rotatable bonds is 10. The van der Waals surface area contributed by atoms with Gasteiger partial charge >= 0.3 is 0 Å². The number of piperazine rings is 1. The molecular weight excluding hydrogens is 494 g/mol. The van der Waals surface area contributed by atoms with Gasteiger partial charge in [-0.15, -0.1) is 0 Å². The van der Waals surface area contributed by atoms with Crippen molar-refractivity contribution in [1.29, 1.82) is 0 Å². The van der Waals surface area contributed by atoms with Gasteiger partial charge in [-0.05, 0) is 55.4 Å². The number of nitrogens with zero attached hydrogens (tertiary/aromatic N) is 4. The lowest BCUT2D eigenvalue weighted by molar-refractivity contribution is -0.119. The van der Waals surface area contributed by atoms with Crippen molar-refractivity contribution in [3.8, 4) is 5.75 Å². The zero-order chi connectivity index (χ0) is 27.0. The second-order valence-electron chi connectivity index (χ2n) is 10.8. The van der Waals surface area contributed by atoms with Gasteiger partial charge in [0, 0.05) is 82.6 Å². The maximum Gasteiger partial charge on any atom is 0.253 e. The minimum Gasteiger partial charge on any atom is -0.492 e. The summed E-state index contributed by atoms with van der Waals surface area (Å²) >= 11 is 0. The van der Waals surface area contributed by atoms with Gasteiger partial charge in [0.15, 0.2) is 0 Å². The number of anilines is 1. The van der Waals surface area contributed by atoms with Gasteiger partial charge in [-0.3, -0.25) is 14.5 Å². The molecule has 1 N–H and O–H groups in total. The van der Waals surface area contributed by atoms with Crippen LogP contribution in [0.15, 0.2) is 48.5 Å². The maximum absolute atomic E-state index is 13.0. The van der Waals surface area contributed by atoms with Crippen LogP contribution in [0.1, 0.15) is 28.8 Å². The number of carbonyl (C=O) groups excluding carboxylic acids is 2. The zero-order valence-electron chi connectivity index (χ0n) is 23.0. The molecule has 0 spiro atoms. The average Bonchev–Trinajstić information content (AvgIpc) is 3.38. The molecule has 0 radical (unpaired) electrons. The van der Waals surface area contributed by atoms with E-state index in [9.17, 15) is 9.59 Å². The highest BCUT2D eigenvalue weighted by Crippen LogP contribution is 2.19. The molecule has 1 unspecified atom stereocenters. The van der Waals surface area contributed by atoms with E-state index in [1.807, 2.05) is 41.3 Å². The Balaban J connectivity index is 1.01. The number of hydrogen-bond donors (Lipinski definition) is 1. The molecule has 3 saturated heterocycles. The molecule has 39 heavy (non-hydrogen) atoms. The Morgan fingerprint density at radius 2 is 1.82 bits per heavy atom. The number of nitrogens with one attached hydrogen (secondary N) is 1. The number of benzene rings is 2. The number of carbonyl (C=O) groups is 2. The van der Waals surface area contributed by atoms with E-state index < -0.39 is 0 Å². The van der Waals surface area contributed by atoms with Crippen LogP contribution in [0, 0.1) is 0 Å². The Labute approximate surface area is 231 Å². The monoisotopic (exact) mass is 535 g/mol. The fraction of sp³-hybridized carbons (Fsp3) is 0.533. The van der Waals surface area contributed by atoms with Crippen molar-refractivity contribution >= 4 is 17.5 Å². The van der Waals surface area contributed by atoms with Crippen molar-refractivity contribution in [3.05, 3.63) is 59.7 Å². The number of ether oxygens (including phenoxy) is 2. The predicted octanol–water partition coefficient (Wildman–Crippen LogP) is 2.07. The molecule has 1 atom stereocenters. The molecule has 210 valence electrons. The molecule has 2 aromatic carbocycles. The van der Waals surface area contributed by atoms with Gasteiger partial charge in [0.05, 0.1) is 13.2 Å². The quantitative estimate of drug-likeness (QED) is 0.499. The zero-order valence-corrected chi connectivity index (χ0v) is 23.0. The fourth-order valence-electron chi connectivity index (χ4n) is 5.59. The summed E-state index contributed by atoms with van der Waals surface area (Å²) in [5.41, 5.74) is 3.10. The van der Waals surface area contributed by atoms with E-state index in [4.69, 9.17) is 9.47 Å². The summed E-state index contributed by atoms with van der Waals surface area (Å²) in [6.45, 7) is 9.57. The third kappa shape index (κ3) is 7.71. The third-order valence-electron chi connectivity index (χ3n) is 7.79. The van der Waals surface area contributed by atoms with Crippen LogP contribution in [-0.2, 0) is 16.1 Å². The highest BCUT2D eigenvalue weighted by atomic mass is 16.5. The lowest BCUT2D eigenvalue weighted by atomic mass is 10.1. The van der Waals surface area contributed by atoms with E-state index in [0.717, 1.165) is 95.5 Å². The normalized spacial score (nSPS) is 20.4. The molecule has 0 saturated carbocycles. The van der Waals surface area contributed by atoms with Gasteiger partial charge in [-0.2, -0.15) is 0 Å². The second kappa shape index (κ2) is 13.3. The van der Waals surface area contributed by atoms with Crippen LogP contribution in [0.3, 0.4) is 0 Å². The fourth-order valence-corrected chi connectivity index (χ4v) is 5.59. The molecular formula is C30H41N5O4. The summed E-state index contributed by atoms with van der Waals surface area (Å²) in [5.74, 6) is 1.15. The van der Waals surface area contributed by atoms with Crippen LogP contribution in [-0.4, -0.2) is 112 Å². The van der Waals surface area contributed by atoms with E-state index >= 15 is 0 Å². The van der Waals surface area contributed by atoms with Crippen molar-refractivity contribution in [2.45, 2.75) is 25.4 Å². The predicted molar refractivity (Wildman–Crippen MR) is 151 cm³/mol. The number of amides is 2. The number of hydrogen-bond acceptors (Lipinski definition) is 7. The van der Waals surface area contributed by atoms with E-state index in [1.165, 1.54) is 5.56 Å². The summed E-state index contributed by atoms with van der Waals surface area (Å²) in [5, 5.41) is 3.03. The van der Waals surface area contributed by atoms with Crippen LogP contribution in [0.5, 0.6) is 5.75 Å². The first kappa shape index (κ1) is 27.4. The first-order valence-electron chi connectivity index (χ1n) is 14.2. The summed E-state index contributed by atoms with van der Waals surface area (Å²) in [6.07, 6.45) is 1.55. The Bertz CT molecular complexity index is 1100. The molecule has 2 aromatic rings. The van der Waals surface area contributed by atoms with E-state index in [1.54, 1.807) is 0 Å². The van der Waals surface area contributed by atoms with E-state index in [-0.39, 0.29) is 17.9 Å². The minimum atomic E-state index is 0.108. The molecule has 5 rings (SSSR count). The Morgan fingerprint density at radius 3 is 2.54 bits per heavy atom. The third-order valence-corrected chi connectivity index (χ3v) is 7.79. The topological polar surface area (TPSA) is 77.6 Å². The van der Waals surface area contributed by atoms with Crippen molar-refractivity contribution in [3.63, 3.8) is 0 Å². The second-order valence-corrected chi connectivity index (χ2v) is 10.8. The molecule has 0 aromatic heterocycles. The van der Waals surface area contributed by atoms with E-state index in [0.29, 0.717) is 13.0 Å². The van der Waals surface area contributed by atoms with Gasteiger partial charge in [-0.1, -0.05) is 12.1 Å². The molecule has 3 fully saturated rings. The summed E-state index contributed by atoms with van der Waals surface area (Å²) in [4.78, 5) is 33.3. The molecule has 2 amide bonds. The molecule has 3 heterocycles. The number of likely N-dealkylation sites (N-methyl/N-ethyl adjacent to an activating group) is 1. The molecule has 9 heteroatoms. The van der Waals surface area contributed by atoms with Crippen LogP contribution < -0.4 is 15.0 Å². The highest BCUT2D eigenvalue weighted by molar-refractivity contribution is 5.94. The molecule has 9 nitrogen and oxygen atoms in total. The summed E-state index contributed by atoms with van der Waals surface area (Å²) in [7, 11) is 2.09. The van der Waals surface area contributed by atoms with E-state index in [2.05, 4.69) is 39.2 Å². The molecule has 3 aliphatic heterocycles. The van der Waals surface area contributed by atoms with Gasteiger partial charge in [-0.25, -0.2) is 0 Å². The van der Waals surface area contributed by atoms with Gasteiger partial charge in [0.25, 0.3) is 5.91 Å². The first-order chi connectivity index (χ1) is 19.0. The summed E-state index contributed by atoms with van der Waals surface area (Å²) in [6, 6.07) is 16.5. The molecule has 0 aliphatic carbocycles. The maximum atomic E-state index is 13.0. The van der Waals surface area contributed by atoms with Crippen LogP contribution in [0.25, 0.3) is 0 Å². The average molecular weight is 536 g/mol. The summed E-state index contributed by atoms with van der Waals surface area (Å²) < 4.78 is 11.5. The van der Waals surface area contributed by atoms with Crippen LogP contribution >= 0.6 is 0 Å². The van der Waals surface area contributed by atoms with Gasteiger partial charge in [0.1, 0.15) is 12.4 Å².